The summed E-state index contributed by atoms with van der Waals surface area (Å²) in [6.07, 6.45) is 4.74. The Balaban J connectivity index is 1.89. The monoisotopic (exact) mass is 355 g/mol. The molecule has 0 aromatic heterocycles. The van der Waals surface area contributed by atoms with Crippen molar-refractivity contribution >= 4 is 35.0 Å². The lowest BCUT2D eigenvalue weighted by atomic mass is 9.97. The number of allylic oxidation sites excluding steroid dienone is 1. The number of benzene rings is 1. The van der Waals surface area contributed by atoms with E-state index in [2.05, 4.69) is 0 Å². The molecule has 2 rings (SSSR count). The molecule has 0 bridgehead atoms. The van der Waals surface area contributed by atoms with Gasteiger partial charge < -0.3 is 9.64 Å². The zero-order chi connectivity index (χ0) is 16.8. The normalized spacial score (nSPS) is 15.9. The van der Waals surface area contributed by atoms with Crippen molar-refractivity contribution < 1.29 is 14.3 Å². The second-order valence-corrected chi connectivity index (χ2v) is 6.27. The molecule has 0 N–H and O–H groups in total. The number of nitrogens with zero attached hydrogens (tertiary/aromatic N) is 1. The molecular weight excluding hydrogens is 337 g/mol. The van der Waals surface area contributed by atoms with Crippen LogP contribution in [0.3, 0.4) is 0 Å². The van der Waals surface area contributed by atoms with Gasteiger partial charge in [-0.2, -0.15) is 0 Å². The van der Waals surface area contributed by atoms with E-state index in [9.17, 15) is 9.59 Å². The van der Waals surface area contributed by atoms with E-state index in [1.165, 1.54) is 6.08 Å². The number of rotatable bonds is 5. The Labute approximate surface area is 146 Å². The molecule has 0 unspecified atom stereocenters. The highest BCUT2D eigenvalue weighted by Crippen LogP contribution is 2.21. The fraction of sp³-hybridized carbons (Fsp3) is 0.412. The summed E-state index contributed by atoms with van der Waals surface area (Å²) in [6.45, 7) is 3.67. The van der Waals surface area contributed by atoms with Gasteiger partial charge in [-0.25, -0.2) is 0 Å². The average molecular weight is 356 g/mol. The van der Waals surface area contributed by atoms with Crippen LogP contribution in [0.25, 0.3) is 0 Å². The molecule has 1 aliphatic heterocycles. The Hall–Kier alpha value is -1.52. The average Bonchev–Trinajstić information content (AvgIpc) is 2.52. The van der Waals surface area contributed by atoms with Crippen LogP contribution in [0.1, 0.15) is 30.1 Å². The molecule has 1 aliphatic rings. The number of ether oxygens (including phenoxy) is 1. The number of halogens is 2. The van der Waals surface area contributed by atoms with Gasteiger partial charge in [0.1, 0.15) is 0 Å². The number of ketones is 1. The van der Waals surface area contributed by atoms with Crippen LogP contribution in [0.4, 0.5) is 0 Å². The van der Waals surface area contributed by atoms with E-state index in [1.807, 2.05) is 11.8 Å². The minimum Gasteiger partial charge on any atom is -0.466 e. The molecule has 6 heteroatoms. The minimum atomic E-state index is -0.151. The lowest BCUT2D eigenvalue weighted by molar-refractivity contribution is -0.149. The van der Waals surface area contributed by atoms with E-state index in [0.29, 0.717) is 22.2 Å². The van der Waals surface area contributed by atoms with Crippen LogP contribution in [0.15, 0.2) is 30.5 Å². The highest BCUT2D eigenvalue weighted by Gasteiger charge is 2.24. The molecule has 4 nitrogen and oxygen atoms in total. The Bertz CT molecular complexity index is 588. The molecule has 0 amide bonds. The first-order valence-corrected chi connectivity index (χ1v) is 8.34. The summed E-state index contributed by atoms with van der Waals surface area (Å²) in [5.41, 5.74) is 0.458. The summed E-state index contributed by atoms with van der Waals surface area (Å²) >= 11 is 11.8. The van der Waals surface area contributed by atoms with Crippen molar-refractivity contribution in [3.8, 4) is 0 Å². The number of piperidine rings is 1. The van der Waals surface area contributed by atoms with Crippen LogP contribution >= 0.6 is 23.2 Å². The van der Waals surface area contributed by atoms with Gasteiger partial charge in [-0.1, -0.05) is 23.2 Å². The minimum absolute atomic E-state index is 0.0398. The maximum atomic E-state index is 12.1. The predicted octanol–water partition coefficient (Wildman–Crippen LogP) is 3.96. The Morgan fingerprint density at radius 3 is 2.39 bits per heavy atom. The van der Waals surface area contributed by atoms with Gasteiger partial charge in [0.25, 0.3) is 0 Å². The third kappa shape index (κ3) is 5.26. The lowest BCUT2D eigenvalue weighted by Gasteiger charge is -2.29. The first kappa shape index (κ1) is 17.8. The van der Waals surface area contributed by atoms with Gasteiger partial charge in [-0.15, -0.1) is 0 Å². The van der Waals surface area contributed by atoms with Crippen LogP contribution in [0, 0.1) is 5.92 Å². The molecule has 23 heavy (non-hydrogen) atoms. The largest absolute Gasteiger partial charge is 0.466 e. The SMILES string of the molecule is CCOC(=O)C1CCN(C=CC(=O)c2cc(Cl)cc(Cl)c2)CC1. The summed E-state index contributed by atoms with van der Waals surface area (Å²) in [6, 6.07) is 4.77. The summed E-state index contributed by atoms with van der Waals surface area (Å²) in [5, 5.41) is 0.869. The molecule has 1 saturated heterocycles. The predicted molar refractivity (Wildman–Crippen MR) is 90.9 cm³/mol. The molecule has 1 aromatic rings. The number of likely N-dealkylation sites (tertiary alicyclic amines) is 1. The summed E-state index contributed by atoms with van der Waals surface area (Å²) in [5.74, 6) is -0.315. The fourth-order valence-electron chi connectivity index (χ4n) is 2.51. The number of hydrogen-bond donors (Lipinski definition) is 0. The van der Waals surface area contributed by atoms with Crippen molar-refractivity contribution in [1.82, 2.24) is 4.90 Å². The molecule has 0 radical (unpaired) electrons. The van der Waals surface area contributed by atoms with E-state index in [-0.39, 0.29) is 17.7 Å². The Morgan fingerprint density at radius 2 is 1.83 bits per heavy atom. The first-order valence-electron chi connectivity index (χ1n) is 7.59. The van der Waals surface area contributed by atoms with Crippen molar-refractivity contribution in [2.24, 2.45) is 5.92 Å². The molecule has 0 atom stereocenters. The second-order valence-electron chi connectivity index (χ2n) is 5.40. The number of carbonyl (C=O) groups excluding carboxylic acids is 2. The zero-order valence-electron chi connectivity index (χ0n) is 12.9. The summed E-state index contributed by atoms with van der Waals surface area (Å²) in [4.78, 5) is 25.9. The molecule has 0 saturated carbocycles. The smallest absolute Gasteiger partial charge is 0.309 e. The molecular formula is C17H19Cl2NO3. The van der Waals surface area contributed by atoms with Crippen molar-refractivity contribution in [3.63, 3.8) is 0 Å². The van der Waals surface area contributed by atoms with Gasteiger partial charge in [0, 0.05) is 41.0 Å². The van der Waals surface area contributed by atoms with Gasteiger partial charge in [-0.05, 0) is 38.0 Å². The van der Waals surface area contributed by atoms with Gasteiger partial charge in [0.05, 0.1) is 12.5 Å². The fourth-order valence-corrected chi connectivity index (χ4v) is 3.04. The number of esters is 1. The van der Waals surface area contributed by atoms with Crippen LogP contribution in [-0.2, 0) is 9.53 Å². The third-order valence-electron chi connectivity index (χ3n) is 3.73. The highest BCUT2D eigenvalue weighted by atomic mass is 35.5. The molecule has 1 aromatic carbocycles. The van der Waals surface area contributed by atoms with Gasteiger partial charge in [0.15, 0.2) is 5.78 Å². The second kappa shape index (κ2) is 8.37. The highest BCUT2D eigenvalue weighted by molar-refractivity contribution is 6.35. The van der Waals surface area contributed by atoms with Crippen molar-refractivity contribution in [2.75, 3.05) is 19.7 Å². The van der Waals surface area contributed by atoms with E-state index in [4.69, 9.17) is 27.9 Å². The Morgan fingerprint density at radius 1 is 1.22 bits per heavy atom. The third-order valence-corrected chi connectivity index (χ3v) is 4.17. The van der Waals surface area contributed by atoms with Crippen molar-refractivity contribution in [1.29, 1.82) is 0 Å². The van der Waals surface area contributed by atoms with Crippen molar-refractivity contribution in [3.05, 3.63) is 46.1 Å². The topological polar surface area (TPSA) is 46.6 Å². The van der Waals surface area contributed by atoms with Crippen LogP contribution in [0.2, 0.25) is 10.0 Å². The number of carbonyl (C=O) groups is 2. The lowest BCUT2D eigenvalue weighted by Crippen LogP contribution is -2.34. The molecule has 1 fully saturated rings. The van der Waals surface area contributed by atoms with Gasteiger partial charge >= 0.3 is 5.97 Å². The standard InChI is InChI=1S/C17H19Cl2NO3/c1-2-23-17(22)12-3-6-20(7-4-12)8-5-16(21)13-9-14(18)11-15(19)10-13/h5,8-12H,2-4,6-7H2,1H3. The first-order chi connectivity index (χ1) is 11.0. The summed E-state index contributed by atoms with van der Waals surface area (Å²) in [7, 11) is 0. The van der Waals surface area contributed by atoms with E-state index in [0.717, 1.165) is 25.9 Å². The van der Waals surface area contributed by atoms with Crippen LogP contribution < -0.4 is 0 Å². The van der Waals surface area contributed by atoms with Crippen molar-refractivity contribution in [2.45, 2.75) is 19.8 Å². The zero-order valence-corrected chi connectivity index (χ0v) is 14.4. The summed E-state index contributed by atoms with van der Waals surface area (Å²) < 4.78 is 5.04. The van der Waals surface area contributed by atoms with E-state index >= 15 is 0 Å². The molecule has 0 aliphatic carbocycles. The quantitative estimate of drug-likeness (QED) is 0.455. The maximum absolute atomic E-state index is 12.1. The molecule has 0 spiro atoms. The molecule has 1 heterocycles. The molecule has 124 valence electrons. The maximum Gasteiger partial charge on any atom is 0.309 e. The van der Waals surface area contributed by atoms with E-state index < -0.39 is 0 Å². The van der Waals surface area contributed by atoms with Crippen LogP contribution in [-0.4, -0.2) is 36.3 Å². The van der Waals surface area contributed by atoms with E-state index in [1.54, 1.807) is 24.4 Å². The Kier molecular flexibility index (Phi) is 6.48. The van der Waals surface area contributed by atoms with Crippen LogP contribution in [0.5, 0.6) is 0 Å². The number of hydrogen-bond acceptors (Lipinski definition) is 4. The van der Waals surface area contributed by atoms with Gasteiger partial charge in [0.2, 0.25) is 0 Å². The van der Waals surface area contributed by atoms with Gasteiger partial charge in [-0.3, -0.25) is 9.59 Å².